The third-order valence-corrected chi connectivity index (χ3v) is 5.33. The van der Waals surface area contributed by atoms with Crippen LogP contribution in [0.25, 0.3) is 0 Å². The number of rotatable bonds is 2. The molecule has 126 valence electrons. The highest BCUT2D eigenvalue weighted by molar-refractivity contribution is 5.78. The van der Waals surface area contributed by atoms with Crippen LogP contribution in [0.3, 0.4) is 0 Å². The van der Waals surface area contributed by atoms with Crippen LogP contribution in [-0.2, 0) is 16.1 Å². The van der Waals surface area contributed by atoms with E-state index < -0.39 is 0 Å². The molecule has 7 nitrogen and oxygen atoms in total. The molecule has 0 radical (unpaired) electrons. The summed E-state index contributed by atoms with van der Waals surface area (Å²) in [5.74, 6) is 0.279. The van der Waals surface area contributed by atoms with Crippen LogP contribution in [0, 0.1) is 0 Å². The van der Waals surface area contributed by atoms with Crippen molar-refractivity contribution in [1.29, 1.82) is 0 Å². The number of carbonyl (C=O) groups excluding carboxylic acids is 1. The van der Waals surface area contributed by atoms with Gasteiger partial charge in [0.05, 0.1) is 37.2 Å². The molecule has 7 heteroatoms. The van der Waals surface area contributed by atoms with E-state index in [-0.39, 0.29) is 18.1 Å². The quantitative estimate of drug-likeness (QED) is 0.808. The first-order chi connectivity index (χ1) is 11.3. The minimum Gasteiger partial charge on any atom is -0.370 e. The molecule has 0 aliphatic carbocycles. The minimum atomic E-state index is 0.187. The van der Waals surface area contributed by atoms with E-state index in [1.807, 2.05) is 4.68 Å². The Bertz CT molecular complexity index is 552. The van der Waals surface area contributed by atoms with E-state index in [2.05, 4.69) is 20.1 Å². The van der Waals surface area contributed by atoms with Gasteiger partial charge in [-0.05, 0) is 19.3 Å². The second-order valence-electron chi connectivity index (χ2n) is 6.91. The Morgan fingerprint density at radius 2 is 2.04 bits per heavy atom. The van der Waals surface area contributed by atoms with Crippen molar-refractivity contribution >= 4 is 5.91 Å². The van der Waals surface area contributed by atoms with Crippen molar-refractivity contribution in [3.05, 3.63) is 11.9 Å². The normalized spacial score (nSPS) is 28.8. The van der Waals surface area contributed by atoms with E-state index in [0.29, 0.717) is 13.2 Å². The van der Waals surface area contributed by atoms with Gasteiger partial charge in [-0.3, -0.25) is 9.69 Å². The van der Waals surface area contributed by atoms with E-state index in [9.17, 15) is 4.79 Å². The van der Waals surface area contributed by atoms with Crippen LogP contribution in [0.2, 0.25) is 0 Å². The van der Waals surface area contributed by atoms with Gasteiger partial charge in [-0.25, -0.2) is 4.68 Å². The Morgan fingerprint density at radius 1 is 1.22 bits per heavy atom. The molecule has 0 unspecified atom stereocenters. The summed E-state index contributed by atoms with van der Waals surface area (Å²) in [6.07, 6.45) is 7.73. The minimum absolute atomic E-state index is 0.187. The molecule has 1 aromatic rings. The molecule has 2 atom stereocenters. The number of aromatic nitrogens is 3. The zero-order chi connectivity index (χ0) is 15.6. The summed E-state index contributed by atoms with van der Waals surface area (Å²) in [6.45, 7) is 4.71. The van der Waals surface area contributed by atoms with Crippen molar-refractivity contribution in [1.82, 2.24) is 24.8 Å². The number of hydrogen-bond acceptors (Lipinski definition) is 5. The summed E-state index contributed by atoms with van der Waals surface area (Å²) in [4.78, 5) is 16.9. The monoisotopic (exact) mass is 319 g/mol. The van der Waals surface area contributed by atoms with E-state index >= 15 is 0 Å². The van der Waals surface area contributed by atoms with Crippen molar-refractivity contribution < 1.29 is 9.53 Å². The van der Waals surface area contributed by atoms with Crippen LogP contribution in [0.15, 0.2) is 6.20 Å². The van der Waals surface area contributed by atoms with Gasteiger partial charge in [0, 0.05) is 26.2 Å². The molecule has 4 heterocycles. The van der Waals surface area contributed by atoms with Gasteiger partial charge in [-0.2, -0.15) is 0 Å². The number of carbonyl (C=O) groups is 1. The maximum absolute atomic E-state index is 12.6. The number of amides is 1. The Kier molecular flexibility index (Phi) is 4.31. The van der Waals surface area contributed by atoms with E-state index in [1.165, 1.54) is 12.8 Å². The van der Waals surface area contributed by atoms with Crippen molar-refractivity contribution in [2.45, 2.75) is 50.9 Å². The van der Waals surface area contributed by atoms with Gasteiger partial charge in [0.2, 0.25) is 5.91 Å². The van der Waals surface area contributed by atoms with Crippen LogP contribution >= 0.6 is 0 Å². The molecular weight excluding hydrogens is 294 g/mol. The molecule has 2 saturated heterocycles. The number of nitrogens with zero attached hydrogens (tertiary/aromatic N) is 5. The first-order valence-electron chi connectivity index (χ1n) is 8.82. The molecule has 3 aliphatic heterocycles. The Hall–Kier alpha value is -1.47. The van der Waals surface area contributed by atoms with Crippen LogP contribution in [0.5, 0.6) is 0 Å². The molecule has 0 N–H and O–H groups in total. The molecule has 4 rings (SSSR count). The van der Waals surface area contributed by atoms with Gasteiger partial charge in [0.1, 0.15) is 0 Å². The number of likely N-dealkylation sites (tertiary alicyclic amines) is 2. The standard InChI is InChI=1S/C16H25N5O2/c22-16(20-6-3-1-2-4-7-20)11-19-8-5-15-14(10-19)21-13(12-23-15)9-17-18-21/h9,14-15H,1-8,10-12H2/t14-,15+/m1/s1. The lowest BCUT2D eigenvalue weighted by molar-refractivity contribution is -0.134. The highest BCUT2D eigenvalue weighted by Gasteiger charge is 2.37. The maximum Gasteiger partial charge on any atom is 0.236 e. The van der Waals surface area contributed by atoms with Gasteiger partial charge >= 0.3 is 0 Å². The summed E-state index contributed by atoms with van der Waals surface area (Å²) in [7, 11) is 0. The molecular formula is C16H25N5O2. The largest absolute Gasteiger partial charge is 0.370 e. The van der Waals surface area contributed by atoms with E-state index in [1.54, 1.807) is 6.20 Å². The second kappa shape index (κ2) is 6.57. The topological polar surface area (TPSA) is 63.5 Å². The third-order valence-electron chi connectivity index (χ3n) is 5.33. The Morgan fingerprint density at radius 3 is 2.87 bits per heavy atom. The average molecular weight is 319 g/mol. The second-order valence-corrected chi connectivity index (χ2v) is 6.91. The lowest BCUT2D eigenvalue weighted by Gasteiger charge is -2.41. The first kappa shape index (κ1) is 15.1. The zero-order valence-electron chi connectivity index (χ0n) is 13.6. The van der Waals surface area contributed by atoms with Gasteiger partial charge < -0.3 is 9.64 Å². The summed E-state index contributed by atoms with van der Waals surface area (Å²) in [5, 5.41) is 8.23. The molecule has 3 aliphatic rings. The van der Waals surface area contributed by atoms with Crippen molar-refractivity contribution in [2.75, 3.05) is 32.7 Å². The fraction of sp³-hybridized carbons (Fsp3) is 0.812. The SMILES string of the molecule is O=C(CN1CC[C@@H]2OCc3cnnn3[C@@H]2C1)N1CCCCCC1. The van der Waals surface area contributed by atoms with Crippen LogP contribution in [0.4, 0.5) is 0 Å². The van der Waals surface area contributed by atoms with Gasteiger partial charge in [0.15, 0.2) is 0 Å². The van der Waals surface area contributed by atoms with Crippen molar-refractivity contribution in [3.8, 4) is 0 Å². The average Bonchev–Trinajstić information content (AvgIpc) is 2.88. The van der Waals surface area contributed by atoms with E-state index in [0.717, 1.165) is 51.1 Å². The third kappa shape index (κ3) is 3.12. The molecule has 2 fully saturated rings. The summed E-state index contributed by atoms with van der Waals surface area (Å²) >= 11 is 0. The highest BCUT2D eigenvalue weighted by atomic mass is 16.5. The van der Waals surface area contributed by atoms with Gasteiger partial charge in [-0.15, -0.1) is 5.10 Å². The van der Waals surface area contributed by atoms with Crippen LogP contribution in [-0.4, -0.2) is 69.5 Å². The summed E-state index contributed by atoms with van der Waals surface area (Å²) in [5.41, 5.74) is 1.03. The fourth-order valence-corrected chi connectivity index (χ4v) is 4.00. The van der Waals surface area contributed by atoms with Gasteiger partial charge in [-0.1, -0.05) is 18.1 Å². The van der Waals surface area contributed by atoms with Gasteiger partial charge in [0.25, 0.3) is 0 Å². The predicted octanol–water partition coefficient (Wildman–Crippen LogP) is 0.826. The van der Waals surface area contributed by atoms with Crippen LogP contribution in [0.1, 0.15) is 43.8 Å². The van der Waals surface area contributed by atoms with Crippen LogP contribution < -0.4 is 0 Å². The summed E-state index contributed by atoms with van der Waals surface area (Å²) in [6, 6.07) is 0.187. The zero-order valence-corrected chi connectivity index (χ0v) is 13.6. The predicted molar refractivity (Wildman–Crippen MR) is 83.7 cm³/mol. The molecule has 23 heavy (non-hydrogen) atoms. The molecule has 0 saturated carbocycles. The van der Waals surface area contributed by atoms with Crippen molar-refractivity contribution in [3.63, 3.8) is 0 Å². The molecule has 0 spiro atoms. The fourth-order valence-electron chi connectivity index (χ4n) is 4.00. The van der Waals surface area contributed by atoms with Crippen molar-refractivity contribution in [2.24, 2.45) is 0 Å². The Balaban J connectivity index is 1.39. The number of ether oxygens (including phenoxy) is 1. The lowest BCUT2D eigenvalue weighted by atomic mass is 10.0. The summed E-state index contributed by atoms with van der Waals surface area (Å²) < 4.78 is 7.93. The lowest BCUT2D eigenvalue weighted by Crippen LogP contribution is -2.51. The maximum atomic E-state index is 12.6. The number of hydrogen-bond donors (Lipinski definition) is 0. The first-order valence-corrected chi connectivity index (χ1v) is 8.82. The Labute approximate surface area is 136 Å². The van der Waals surface area contributed by atoms with E-state index in [4.69, 9.17) is 4.74 Å². The number of fused-ring (bicyclic) bond motifs is 3. The highest BCUT2D eigenvalue weighted by Crippen LogP contribution is 2.29. The molecule has 0 aromatic carbocycles. The molecule has 1 amide bonds. The smallest absolute Gasteiger partial charge is 0.236 e. The molecule has 1 aromatic heterocycles. The molecule has 0 bridgehead atoms. The number of piperidine rings is 1.